The zero-order valence-electron chi connectivity index (χ0n) is 17.3. The van der Waals surface area contributed by atoms with Gasteiger partial charge in [0, 0.05) is 13.1 Å². The molecule has 0 saturated carbocycles. The lowest BCUT2D eigenvalue weighted by Crippen LogP contribution is -2.52. The van der Waals surface area contributed by atoms with Gasteiger partial charge in [-0.3, -0.25) is 14.4 Å². The molecule has 160 valence electrons. The van der Waals surface area contributed by atoms with Gasteiger partial charge in [-0.25, -0.2) is 0 Å². The molecule has 8 heteroatoms. The van der Waals surface area contributed by atoms with E-state index < -0.39 is 6.04 Å². The van der Waals surface area contributed by atoms with Gasteiger partial charge in [-0.15, -0.1) is 0 Å². The van der Waals surface area contributed by atoms with E-state index >= 15 is 0 Å². The SMILES string of the molecule is CCOC(=O)[C@H]1CCCN(C(=O)[C@@H](CCSC)NC(=O)c2ccccc2OC)C1. The number of nitrogens with one attached hydrogen (secondary N) is 1. The van der Waals surface area contributed by atoms with E-state index in [-0.39, 0.29) is 23.7 Å². The molecule has 1 heterocycles. The van der Waals surface area contributed by atoms with E-state index in [1.165, 1.54) is 7.11 Å². The summed E-state index contributed by atoms with van der Waals surface area (Å²) in [6.07, 6.45) is 3.93. The molecule has 0 aliphatic carbocycles. The molecule has 0 unspecified atom stereocenters. The van der Waals surface area contributed by atoms with Crippen molar-refractivity contribution in [3.8, 4) is 5.75 Å². The fourth-order valence-electron chi connectivity index (χ4n) is 3.41. The van der Waals surface area contributed by atoms with Gasteiger partial charge in [0.1, 0.15) is 11.8 Å². The summed E-state index contributed by atoms with van der Waals surface area (Å²) in [7, 11) is 1.51. The number of nitrogens with zero attached hydrogens (tertiary/aromatic N) is 1. The molecule has 7 nitrogen and oxygen atoms in total. The van der Waals surface area contributed by atoms with Gasteiger partial charge < -0.3 is 19.7 Å². The molecule has 1 fully saturated rings. The Bertz CT molecular complexity index is 712. The summed E-state index contributed by atoms with van der Waals surface area (Å²) in [4.78, 5) is 39.7. The Morgan fingerprint density at radius 2 is 2.07 bits per heavy atom. The molecule has 1 aromatic carbocycles. The second kappa shape index (κ2) is 11.7. The summed E-state index contributed by atoms with van der Waals surface area (Å²) in [6, 6.07) is 6.27. The number of benzene rings is 1. The standard InChI is InChI=1S/C21H30N2O5S/c1-4-28-21(26)15-8-7-12-23(14-15)20(25)17(11-13-29-3)22-19(24)16-9-5-6-10-18(16)27-2/h5-6,9-10,15,17H,4,7-8,11-14H2,1-3H3,(H,22,24)/t15-,17+/m0/s1. The van der Waals surface area contributed by atoms with Crippen molar-refractivity contribution in [3.63, 3.8) is 0 Å². The number of carbonyl (C=O) groups is 3. The smallest absolute Gasteiger partial charge is 0.310 e. The lowest BCUT2D eigenvalue weighted by molar-refractivity contribution is -0.151. The highest BCUT2D eigenvalue weighted by atomic mass is 32.2. The Morgan fingerprint density at radius 3 is 2.76 bits per heavy atom. The Hall–Kier alpha value is -2.22. The normalized spacial score (nSPS) is 17.3. The Balaban J connectivity index is 2.11. The number of ether oxygens (including phenoxy) is 2. The maximum Gasteiger partial charge on any atom is 0.310 e. The second-order valence-corrected chi connectivity index (χ2v) is 7.87. The number of rotatable bonds is 9. The van der Waals surface area contributed by atoms with Crippen molar-refractivity contribution in [1.29, 1.82) is 0 Å². The van der Waals surface area contributed by atoms with Crippen molar-refractivity contribution in [3.05, 3.63) is 29.8 Å². The molecule has 1 aromatic rings. The molecule has 1 aliphatic heterocycles. The first-order valence-corrected chi connectivity index (χ1v) is 11.3. The number of amides is 2. The van der Waals surface area contributed by atoms with Crippen LogP contribution in [0, 0.1) is 5.92 Å². The monoisotopic (exact) mass is 422 g/mol. The van der Waals surface area contributed by atoms with Crippen LogP contribution in [0.4, 0.5) is 0 Å². The Labute approximate surface area is 176 Å². The van der Waals surface area contributed by atoms with E-state index in [0.717, 1.165) is 12.2 Å². The molecule has 0 bridgehead atoms. The van der Waals surface area contributed by atoms with Gasteiger partial charge in [0.05, 0.1) is 25.2 Å². The lowest BCUT2D eigenvalue weighted by Gasteiger charge is -2.34. The summed E-state index contributed by atoms with van der Waals surface area (Å²) in [6.45, 7) is 3.01. The predicted octanol–water partition coefficient (Wildman–Crippen LogP) is 2.35. The molecule has 1 N–H and O–H groups in total. The highest BCUT2D eigenvalue weighted by Gasteiger charge is 2.33. The lowest BCUT2D eigenvalue weighted by atomic mass is 9.97. The van der Waals surface area contributed by atoms with E-state index in [1.54, 1.807) is 47.9 Å². The minimum Gasteiger partial charge on any atom is -0.496 e. The van der Waals surface area contributed by atoms with Gasteiger partial charge in [0.15, 0.2) is 0 Å². The van der Waals surface area contributed by atoms with Gasteiger partial charge in [-0.1, -0.05) is 12.1 Å². The molecule has 1 saturated heterocycles. The number of hydrogen-bond donors (Lipinski definition) is 1. The second-order valence-electron chi connectivity index (χ2n) is 6.88. The quantitative estimate of drug-likeness (QED) is 0.615. The summed E-state index contributed by atoms with van der Waals surface area (Å²) >= 11 is 1.62. The Kier molecular flexibility index (Phi) is 9.31. The number of para-hydroxylation sites is 1. The molecule has 2 rings (SSSR count). The highest BCUT2D eigenvalue weighted by Crippen LogP contribution is 2.21. The van der Waals surface area contributed by atoms with E-state index in [1.807, 2.05) is 6.26 Å². The zero-order chi connectivity index (χ0) is 21.2. The fourth-order valence-corrected chi connectivity index (χ4v) is 3.88. The third kappa shape index (κ3) is 6.39. The van der Waals surface area contributed by atoms with Crippen LogP contribution >= 0.6 is 11.8 Å². The van der Waals surface area contributed by atoms with Gasteiger partial charge >= 0.3 is 5.97 Å². The molecular formula is C21H30N2O5S. The van der Waals surface area contributed by atoms with E-state index in [4.69, 9.17) is 9.47 Å². The molecule has 0 spiro atoms. The number of thioether (sulfide) groups is 1. The summed E-state index contributed by atoms with van der Waals surface area (Å²) in [5, 5.41) is 2.87. The van der Waals surface area contributed by atoms with Crippen LogP contribution in [0.5, 0.6) is 5.75 Å². The van der Waals surface area contributed by atoms with Gasteiger partial charge in [-0.05, 0) is 50.3 Å². The van der Waals surface area contributed by atoms with E-state index in [9.17, 15) is 14.4 Å². The molecule has 0 aromatic heterocycles. The van der Waals surface area contributed by atoms with Crippen molar-refractivity contribution in [2.75, 3.05) is 38.8 Å². The number of esters is 1. The van der Waals surface area contributed by atoms with Crippen LogP contribution in [0.1, 0.15) is 36.5 Å². The third-order valence-electron chi connectivity index (χ3n) is 4.92. The van der Waals surface area contributed by atoms with Gasteiger partial charge in [0.2, 0.25) is 5.91 Å². The minimum absolute atomic E-state index is 0.156. The first-order valence-electron chi connectivity index (χ1n) is 9.90. The predicted molar refractivity (Wildman–Crippen MR) is 113 cm³/mol. The molecular weight excluding hydrogens is 392 g/mol. The van der Waals surface area contributed by atoms with Gasteiger partial charge in [-0.2, -0.15) is 11.8 Å². The largest absolute Gasteiger partial charge is 0.496 e. The number of carbonyl (C=O) groups excluding carboxylic acids is 3. The van der Waals surface area contributed by atoms with Crippen molar-refractivity contribution in [1.82, 2.24) is 10.2 Å². The molecule has 2 amide bonds. The first-order chi connectivity index (χ1) is 14.0. The number of hydrogen-bond acceptors (Lipinski definition) is 6. The van der Waals surface area contributed by atoms with Crippen LogP contribution < -0.4 is 10.1 Å². The summed E-state index contributed by atoms with van der Waals surface area (Å²) < 4.78 is 10.4. The average molecular weight is 423 g/mol. The van der Waals surface area contributed by atoms with Crippen LogP contribution in [-0.2, 0) is 14.3 Å². The van der Waals surface area contributed by atoms with Crippen LogP contribution in [0.25, 0.3) is 0 Å². The third-order valence-corrected chi connectivity index (χ3v) is 5.56. The van der Waals surface area contributed by atoms with Gasteiger partial charge in [0.25, 0.3) is 5.91 Å². The van der Waals surface area contributed by atoms with Crippen molar-refractivity contribution >= 4 is 29.5 Å². The number of piperidine rings is 1. The summed E-state index contributed by atoms with van der Waals surface area (Å²) in [5.41, 5.74) is 0.389. The van der Waals surface area contributed by atoms with Crippen molar-refractivity contribution < 1.29 is 23.9 Å². The maximum absolute atomic E-state index is 13.2. The molecule has 29 heavy (non-hydrogen) atoms. The molecule has 2 atom stereocenters. The maximum atomic E-state index is 13.2. The van der Waals surface area contributed by atoms with Crippen molar-refractivity contribution in [2.45, 2.75) is 32.2 Å². The topological polar surface area (TPSA) is 84.9 Å². The van der Waals surface area contributed by atoms with Crippen LogP contribution in [0.15, 0.2) is 24.3 Å². The minimum atomic E-state index is -0.652. The average Bonchev–Trinajstić information content (AvgIpc) is 2.76. The van der Waals surface area contributed by atoms with E-state index in [2.05, 4.69) is 5.32 Å². The van der Waals surface area contributed by atoms with Crippen molar-refractivity contribution in [2.24, 2.45) is 5.92 Å². The first kappa shape index (κ1) is 23.1. The van der Waals surface area contributed by atoms with Crippen LogP contribution in [-0.4, -0.2) is 67.5 Å². The summed E-state index contributed by atoms with van der Waals surface area (Å²) in [5.74, 6) is 0.124. The number of methoxy groups -OCH3 is 1. The van der Waals surface area contributed by atoms with E-state index in [0.29, 0.717) is 43.9 Å². The highest BCUT2D eigenvalue weighted by molar-refractivity contribution is 7.98. The zero-order valence-corrected chi connectivity index (χ0v) is 18.1. The Morgan fingerprint density at radius 1 is 1.31 bits per heavy atom. The molecule has 1 aliphatic rings. The van der Waals surface area contributed by atoms with Crippen LogP contribution in [0.2, 0.25) is 0 Å². The molecule has 0 radical (unpaired) electrons. The fraction of sp³-hybridized carbons (Fsp3) is 0.571. The number of likely N-dealkylation sites (tertiary alicyclic amines) is 1. The van der Waals surface area contributed by atoms with Crippen LogP contribution in [0.3, 0.4) is 0 Å².